The largest absolute Gasteiger partial charge is 0.506 e. The Morgan fingerprint density at radius 1 is 0.667 bits per heavy atom. The predicted molar refractivity (Wildman–Crippen MR) is 210 cm³/mol. The van der Waals surface area contributed by atoms with E-state index >= 15 is 0 Å². The number of allylic oxidation sites excluding steroid dienone is 2. The molecule has 0 saturated carbocycles. The van der Waals surface area contributed by atoms with Crippen molar-refractivity contribution in [2.24, 2.45) is 0 Å². The number of carbonyl (C=O) groups is 1. The van der Waals surface area contributed by atoms with Crippen molar-refractivity contribution in [1.82, 2.24) is 4.57 Å². The van der Waals surface area contributed by atoms with Crippen LogP contribution in [0.25, 0.3) is 38.5 Å². The van der Waals surface area contributed by atoms with Crippen molar-refractivity contribution in [3.8, 4) is 0 Å². The second-order valence-electron chi connectivity index (χ2n) is 14.2. The zero-order chi connectivity index (χ0) is 34.5. The van der Waals surface area contributed by atoms with E-state index in [1.54, 1.807) is 0 Å². The molecule has 1 unspecified atom stereocenters. The van der Waals surface area contributed by atoms with Gasteiger partial charge in [-0.25, -0.2) is 0 Å². The van der Waals surface area contributed by atoms with Crippen molar-refractivity contribution in [2.45, 2.75) is 44.7 Å². The molecule has 9 rings (SSSR count). The zero-order valence-electron chi connectivity index (χ0n) is 28.8. The van der Waals surface area contributed by atoms with Gasteiger partial charge in [-0.05, 0) is 84.4 Å². The molecule has 51 heavy (non-hydrogen) atoms. The van der Waals surface area contributed by atoms with Crippen molar-refractivity contribution >= 4 is 50.0 Å². The van der Waals surface area contributed by atoms with Crippen LogP contribution >= 0.6 is 0 Å². The summed E-state index contributed by atoms with van der Waals surface area (Å²) in [5, 5.41) is 18.6. The molecular weight excluding hydrogens is 625 g/mol. The standard InChI is InChI=1S/C47H40N2O2/c1-47(39-25-9-21-35-23-11-27-41(44(35)39)49(47)29-13-19-33-16-6-3-7-17-33)31-38-45(50)37(46(38)51)30-42-36-24-8-20-34-22-10-26-40(43(34)36)48(42)28-12-18-32-14-4-2-5-15-32/h2-11,14-17,20-27,30-31,50H,12-13,18-19,28-29H2,1H3/b38-31+,42-30-. The fourth-order valence-corrected chi connectivity index (χ4v) is 8.60. The highest BCUT2D eigenvalue weighted by molar-refractivity contribution is 6.24. The van der Waals surface area contributed by atoms with Crippen LogP contribution in [0, 0.1) is 0 Å². The number of carbonyl (C=O) groups excluding carboxylic acids is 1. The van der Waals surface area contributed by atoms with Gasteiger partial charge in [-0.1, -0.05) is 121 Å². The maximum Gasteiger partial charge on any atom is 0.200 e. The van der Waals surface area contributed by atoms with E-state index in [9.17, 15) is 9.90 Å². The molecule has 0 bridgehead atoms. The number of anilines is 1. The van der Waals surface area contributed by atoms with Gasteiger partial charge >= 0.3 is 0 Å². The van der Waals surface area contributed by atoms with Crippen molar-refractivity contribution in [3.05, 3.63) is 178 Å². The van der Waals surface area contributed by atoms with Crippen LogP contribution in [0.4, 0.5) is 5.69 Å². The van der Waals surface area contributed by atoms with Gasteiger partial charge in [0.2, 0.25) is 0 Å². The Bertz CT molecular complexity index is 2570. The Kier molecular flexibility index (Phi) is 7.61. The minimum atomic E-state index is -0.601. The van der Waals surface area contributed by atoms with Crippen LogP contribution in [-0.4, -0.2) is 22.0 Å². The Labute approximate surface area is 298 Å². The summed E-state index contributed by atoms with van der Waals surface area (Å²) in [6.07, 6.45) is 7.80. The number of ketones is 1. The number of rotatable bonds is 10. The molecule has 1 N–H and O–H groups in total. The van der Waals surface area contributed by atoms with Gasteiger partial charge < -0.3 is 14.6 Å². The molecule has 250 valence electrons. The number of hydrogen-bond donors (Lipinski definition) is 1. The third-order valence-electron chi connectivity index (χ3n) is 11.1. The molecule has 0 saturated heterocycles. The SMILES string of the molecule is CC1(/C=C2/C(=O)C(/C=c3/c4cccc5cccc(c54)n3CCCc3ccccc3)=C2O)c2cccc3cccc(c23)N1CCCc1ccccc1. The second kappa shape index (κ2) is 12.5. The number of nitrogens with zero attached hydrogens (tertiary/aromatic N) is 2. The molecule has 1 aromatic heterocycles. The van der Waals surface area contributed by atoms with Gasteiger partial charge in [0.15, 0.2) is 5.78 Å². The summed E-state index contributed by atoms with van der Waals surface area (Å²) in [5.74, 6) is -0.0329. The van der Waals surface area contributed by atoms with Crippen LogP contribution < -0.4 is 10.2 Å². The predicted octanol–water partition coefficient (Wildman–Crippen LogP) is 9.77. The number of aromatic nitrogens is 1. The van der Waals surface area contributed by atoms with E-state index in [2.05, 4.69) is 150 Å². The molecule has 6 aromatic carbocycles. The fourth-order valence-electron chi connectivity index (χ4n) is 8.60. The van der Waals surface area contributed by atoms with Crippen LogP contribution in [0.5, 0.6) is 0 Å². The van der Waals surface area contributed by atoms with Crippen LogP contribution in [0.1, 0.15) is 36.5 Å². The van der Waals surface area contributed by atoms with Crippen LogP contribution in [0.2, 0.25) is 0 Å². The summed E-state index contributed by atoms with van der Waals surface area (Å²) in [4.78, 5) is 16.6. The van der Waals surface area contributed by atoms with E-state index in [1.165, 1.54) is 38.4 Å². The highest BCUT2D eigenvalue weighted by Gasteiger charge is 2.43. The molecule has 1 aliphatic carbocycles. The normalized spacial score (nSPS) is 18.2. The molecule has 2 heterocycles. The summed E-state index contributed by atoms with van der Waals surface area (Å²) in [6.45, 7) is 3.81. The molecule has 0 spiro atoms. The van der Waals surface area contributed by atoms with E-state index in [4.69, 9.17) is 0 Å². The summed E-state index contributed by atoms with van der Waals surface area (Å²) < 4.78 is 2.33. The number of Topliss-reactive ketones (excluding diaryl/α,β-unsaturated/α-hetero) is 1. The number of aliphatic hydroxyl groups is 1. The average Bonchev–Trinajstić information content (AvgIpc) is 3.60. The first-order valence-electron chi connectivity index (χ1n) is 18.1. The summed E-state index contributed by atoms with van der Waals surface area (Å²) in [7, 11) is 0. The average molecular weight is 665 g/mol. The first-order valence-corrected chi connectivity index (χ1v) is 18.1. The molecule has 7 aromatic rings. The van der Waals surface area contributed by atoms with Crippen molar-refractivity contribution in [3.63, 3.8) is 0 Å². The van der Waals surface area contributed by atoms with Gasteiger partial charge in [0.1, 0.15) is 5.76 Å². The molecule has 0 fully saturated rings. The maximum atomic E-state index is 14.2. The third-order valence-corrected chi connectivity index (χ3v) is 11.1. The topological polar surface area (TPSA) is 45.5 Å². The third kappa shape index (κ3) is 5.17. The molecule has 1 aliphatic heterocycles. The lowest BCUT2D eigenvalue weighted by molar-refractivity contribution is -0.113. The molecular formula is C47H40N2O2. The van der Waals surface area contributed by atoms with Crippen LogP contribution in [0.15, 0.2) is 156 Å². The molecule has 0 amide bonds. The van der Waals surface area contributed by atoms with Gasteiger partial charge in [0.05, 0.1) is 16.7 Å². The summed E-state index contributed by atoms with van der Waals surface area (Å²) in [5.41, 5.74) is 6.30. The molecule has 4 nitrogen and oxygen atoms in total. The quantitative estimate of drug-likeness (QED) is 0.148. The summed E-state index contributed by atoms with van der Waals surface area (Å²) in [6, 6.07) is 46.9. The van der Waals surface area contributed by atoms with E-state index in [1.807, 2.05) is 12.2 Å². The number of hydrogen-bond acceptors (Lipinski definition) is 3. The first kappa shape index (κ1) is 31.1. The lowest BCUT2D eigenvalue weighted by Gasteiger charge is -2.38. The number of aryl methyl sites for hydroxylation is 3. The van der Waals surface area contributed by atoms with Gasteiger partial charge in [-0.3, -0.25) is 4.79 Å². The van der Waals surface area contributed by atoms with Gasteiger partial charge in [-0.2, -0.15) is 0 Å². The van der Waals surface area contributed by atoms with Gasteiger partial charge in [0.25, 0.3) is 0 Å². The molecule has 0 radical (unpaired) electrons. The van der Waals surface area contributed by atoms with E-state index in [0.717, 1.165) is 60.6 Å². The highest BCUT2D eigenvalue weighted by atomic mass is 16.3. The number of aliphatic hydroxyl groups excluding tert-OH is 1. The van der Waals surface area contributed by atoms with Gasteiger partial charge in [0, 0.05) is 45.8 Å². The van der Waals surface area contributed by atoms with Crippen LogP contribution in [0.3, 0.4) is 0 Å². The van der Waals surface area contributed by atoms with Crippen LogP contribution in [-0.2, 0) is 29.7 Å². The molecule has 4 heteroatoms. The molecule has 2 aliphatic rings. The van der Waals surface area contributed by atoms with Crippen molar-refractivity contribution in [1.29, 1.82) is 0 Å². The lowest BCUT2D eigenvalue weighted by atomic mass is 9.81. The smallest absolute Gasteiger partial charge is 0.200 e. The Morgan fingerprint density at radius 2 is 1.27 bits per heavy atom. The fraction of sp³-hybridized carbons (Fsp3) is 0.170. The maximum absolute atomic E-state index is 14.2. The monoisotopic (exact) mass is 664 g/mol. The van der Waals surface area contributed by atoms with E-state index in [-0.39, 0.29) is 11.5 Å². The minimum Gasteiger partial charge on any atom is -0.506 e. The van der Waals surface area contributed by atoms with Crippen molar-refractivity contribution in [2.75, 3.05) is 11.4 Å². The van der Waals surface area contributed by atoms with Gasteiger partial charge in [-0.15, -0.1) is 0 Å². The zero-order valence-corrected chi connectivity index (χ0v) is 28.8. The second-order valence-corrected chi connectivity index (χ2v) is 14.2. The number of benzene rings is 6. The Balaban J connectivity index is 1.11. The minimum absolute atomic E-state index is 0.0773. The Hall–Kier alpha value is -5.87. The van der Waals surface area contributed by atoms with E-state index in [0.29, 0.717) is 11.1 Å². The lowest BCUT2D eigenvalue weighted by Crippen LogP contribution is -2.41. The van der Waals surface area contributed by atoms with Crippen molar-refractivity contribution < 1.29 is 9.90 Å². The molecule has 1 atom stereocenters. The first-order chi connectivity index (χ1) is 25.0. The Morgan fingerprint density at radius 3 is 1.96 bits per heavy atom. The highest BCUT2D eigenvalue weighted by Crippen LogP contribution is 2.50. The summed E-state index contributed by atoms with van der Waals surface area (Å²) >= 11 is 0. The van der Waals surface area contributed by atoms with E-state index < -0.39 is 5.54 Å².